The van der Waals surface area contributed by atoms with Gasteiger partial charge in [0.1, 0.15) is 6.20 Å². The Morgan fingerprint density at radius 2 is 2.05 bits per heavy atom. The number of hydrogen-bond donors (Lipinski definition) is 1. The summed E-state index contributed by atoms with van der Waals surface area (Å²) in [6.45, 7) is 0. The number of benzene rings is 1. The summed E-state index contributed by atoms with van der Waals surface area (Å²) in [6.07, 6.45) is 2.69. The molecule has 0 saturated heterocycles. The molecule has 0 unspecified atom stereocenters. The molecule has 0 fully saturated rings. The van der Waals surface area contributed by atoms with Crippen LogP contribution >= 0.6 is 0 Å². The van der Waals surface area contributed by atoms with Crippen molar-refractivity contribution in [1.29, 1.82) is 0 Å². The summed E-state index contributed by atoms with van der Waals surface area (Å²) >= 11 is 0. The monoisotopic (exact) mass is 256 g/mol. The van der Waals surface area contributed by atoms with Crippen LogP contribution in [0.1, 0.15) is 0 Å². The van der Waals surface area contributed by atoms with Crippen molar-refractivity contribution in [3.8, 4) is 5.82 Å². The van der Waals surface area contributed by atoms with Crippen molar-refractivity contribution in [2.75, 3.05) is 5.73 Å². The van der Waals surface area contributed by atoms with E-state index in [1.165, 1.54) is 4.68 Å². The lowest BCUT2D eigenvalue weighted by Gasteiger charge is -2.03. The minimum atomic E-state index is -0.564. The molecule has 0 atom stereocenters. The number of nitrogens with zero attached hydrogens (tertiary/aromatic N) is 5. The van der Waals surface area contributed by atoms with Crippen LogP contribution in [0.15, 0.2) is 36.7 Å². The fraction of sp³-hybridized carbons (Fsp3) is 0. The first-order chi connectivity index (χ1) is 9.16. The molecule has 1 aromatic carbocycles. The Labute approximate surface area is 106 Å². The Balaban J connectivity index is 2.32. The summed E-state index contributed by atoms with van der Waals surface area (Å²) in [5.74, 6) is 0.0129. The van der Waals surface area contributed by atoms with Crippen molar-refractivity contribution in [1.82, 2.24) is 19.7 Å². The third-order valence-electron chi connectivity index (χ3n) is 2.64. The lowest BCUT2D eigenvalue weighted by molar-refractivity contribution is -0.385. The summed E-state index contributed by atoms with van der Waals surface area (Å²) in [6, 6.07) is 7.33. The zero-order valence-corrected chi connectivity index (χ0v) is 9.59. The first-order valence-corrected chi connectivity index (χ1v) is 5.37. The van der Waals surface area contributed by atoms with E-state index >= 15 is 0 Å². The number of rotatable bonds is 2. The van der Waals surface area contributed by atoms with Crippen molar-refractivity contribution < 1.29 is 4.92 Å². The minimum absolute atomic E-state index is 0.0415. The number of fused-ring (bicyclic) bond motifs is 1. The second-order valence-corrected chi connectivity index (χ2v) is 3.81. The minimum Gasteiger partial charge on any atom is -0.368 e. The number of anilines is 1. The molecule has 0 aliphatic heterocycles. The summed E-state index contributed by atoms with van der Waals surface area (Å²) in [7, 11) is 0. The van der Waals surface area contributed by atoms with Gasteiger partial charge in [-0.1, -0.05) is 18.2 Å². The molecule has 3 aromatic rings. The maximum atomic E-state index is 11.0. The van der Waals surface area contributed by atoms with Crippen LogP contribution in [0.25, 0.3) is 16.7 Å². The molecule has 2 heterocycles. The van der Waals surface area contributed by atoms with Gasteiger partial charge in [-0.05, 0) is 6.07 Å². The van der Waals surface area contributed by atoms with Crippen LogP contribution in [0.4, 0.5) is 11.6 Å². The van der Waals surface area contributed by atoms with Crippen LogP contribution in [-0.4, -0.2) is 24.7 Å². The Bertz CT molecular complexity index is 782. The van der Waals surface area contributed by atoms with Crippen LogP contribution in [0, 0.1) is 10.1 Å². The molecule has 0 radical (unpaired) electrons. The molecule has 0 amide bonds. The van der Waals surface area contributed by atoms with Gasteiger partial charge in [0.2, 0.25) is 11.8 Å². The van der Waals surface area contributed by atoms with E-state index in [2.05, 4.69) is 15.1 Å². The van der Waals surface area contributed by atoms with Crippen molar-refractivity contribution in [2.45, 2.75) is 0 Å². The molecular weight excluding hydrogens is 248 g/mol. The van der Waals surface area contributed by atoms with Crippen LogP contribution < -0.4 is 5.73 Å². The second-order valence-electron chi connectivity index (χ2n) is 3.81. The Hall–Kier alpha value is -3.03. The molecule has 2 N–H and O–H groups in total. The Morgan fingerprint density at radius 1 is 1.26 bits per heavy atom. The third kappa shape index (κ3) is 1.75. The fourth-order valence-corrected chi connectivity index (χ4v) is 1.80. The highest BCUT2D eigenvalue weighted by Gasteiger charge is 2.20. The molecule has 3 rings (SSSR count). The number of nitrogen functional groups attached to an aromatic ring is 1. The maximum absolute atomic E-state index is 11.0. The van der Waals surface area contributed by atoms with Gasteiger partial charge in [0.25, 0.3) is 0 Å². The molecule has 2 aromatic heterocycles. The van der Waals surface area contributed by atoms with Gasteiger partial charge in [0, 0.05) is 5.39 Å². The summed E-state index contributed by atoms with van der Waals surface area (Å²) in [5.41, 5.74) is 5.96. The second kappa shape index (κ2) is 4.02. The predicted octanol–water partition coefficient (Wildman–Crippen LogP) is 1.31. The van der Waals surface area contributed by atoms with E-state index in [9.17, 15) is 10.1 Å². The van der Waals surface area contributed by atoms with Gasteiger partial charge in [-0.25, -0.2) is 9.67 Å². The molecule has 19 heavy (non-hydrogen) atoms. The van der Waals surface area contributed by atoms with E-state index in [1.54, 1.807) is 12.3 Å². The number of nitrogens with two attached hydrogens (primary N) is 1. The number of para-hydroxylation sites is 1. The van der Waals surface area contributed by atoms with Gasteiger partial charge in [-0.15, -0.1) is 0 Å². The topological polar surface area (TPSA) is 113 Å². The first kappa shape index (κ1) is 11.1. The SMILES string of the molecule is Nc1ncc([N+](=O)[O-])c(-n2ncc3ccccc32)n1. The van der Waals surface area contributed by atoms with Crippen molar-refractivity contribution in [2.24, 2.45) is 0 Å². The van der Waals surface area contributed by atoms with Gasteiger partial charge in [-0.2, -0.15) is 10.1 Å². The molecule has 0 aliphatic rings. The summed E-state index contributed by atoms with van der Waals surface area (Å²) < 4.78 is 1.38. The summed E-state index contributed by atoms with van der Waals surface area (Å²) in [4.78, 5) is 18.0. The number of hydrogen-bond acceptors (Lipinski definition) is 6. The zero-order valence-electron chi connectivity index (χ0n) is 9.59. The van der Waals surface area contributed by atoms with Gasteiger partial charge in [0.15, 0.2) is 0 Å². The lowest BCUT2D eigenvalue weighted by atomic mass is 10.2. The van der Waals surface area contributed by atoms with E-state index in [0.717, 1.165) is 11.6 Å². The summed E-state index contributed by atoms with van der Waals surface area (Å²) in [5, 5.41) is 16.0. The normalized spacial score (nSPS) is 10.7. The molecule has 94 valence electrons. The van der Waals surface area contributed by atoms with Crippen molar-refractivity contribution in [3.63, 3.8) is 0 Å². The molecule has 8 heteroatoms. The van der Waals surface area contributed by atoms with E-state index in [4.69, 9.17) is 5.73 Å². The predicted molar refractivity (Wildman–Crippen MR) is 67.7 cm³/mol. The smallest absolute Gasteiger partial charge is 0.332 e. The van der Waals surface area contributed by atoms with E-state index < -0.39 is 4.92 Å². The third-order valence-corrected chi connectivity index (χ3v) is 2.64. The molecule has 0 saturated carbocycles. The zero-order chi connectivity index (χ0) is 13.4. The highest BCUT2D eigenvalue weighted by atomic mass is 16.6. The number of nitro groups is 1. The van der Waals surface area contributed by atoms with Crippen LogP contribution in [0.5, 0.6) is 0 Å². The molecule has 0 spiro atoms. The van der Waals surface area contributed by atoms with Crippen LogP contribution in [0.3, 0.4) is 0 Å². The van der Waals surface area contributed by atoms with Gasteiger partial charge >= 0.3 is 5.69 Å². The first-order valence-electron chi connectivity index (χ1n) is 5.37. The maximum Gasteiger partial charge on any atom is 0.332 e. The van der Waals surface area contributed by atoms with E-state index in [1.807, 2.05) is 18.2 Å². The number of aromatic nitrogens is 4. The molecular formula is C11H8N6O2. The molecule has 8 nitrogen and oxygen atoms in total. The van der Waals surface area contributed by atoms with Crippen molar-refractivity contribution in [3.05, 3.63) is 46.8 Å². The quantitative estimate of drug-likeness (QED) is 0.546. The Kier molecular flexibility index (Phi) is 2.34. The van der Waals surface area contributed by atoms with Gasteiger partial charge in [-0.3, -0.25) is 10.1 Å². The van der Waals surface area contributed by atoms with E-state index in [0.29, 0.717) is 5.52 Å². The fourth-order valence-electron chi connectivity index (χ4n) is 1.80. The van der Waals surface area contributed by atoms with Crippen LogP contribution in [-0.2, 0) is 0 Å². The van der Waals surface area contributed by atoms with Gasteiger partial charge in [0.05, 0.1) is 16.6 Å². The Morgan fingerprint density at radius 3 is 2.84 bits per heavy atom. The lowest BCUT2D eigenvalue weighted by Crippen LogP contribution is -2.07. The van der Waals surface area contributed by atoms with Crippen LogP contribution in [0.2, 0.25) is 0 Å². The molecule has 0 bridgehead atoms. The average molecular weight is 256 g/mol. The standard InChI is InChI=1S/C11H8N6O2/c12-11-13-6-9(17(18)19)10(15-11)16-8-4-2-1-3-7(8)5-14-16/h1-6H,(H2,12,13,15). The van der Waals surface area contributed by atoms with Gasteiger partial charge < -0.3 is 5.73 Å². The highest BCUT2D eigenvalue weighted by molar-refractivity contribution is 5.80. The molecule has 0 aliphatic carbocycles. The largest absolute Gasteiger partial charge is 0.368 e. The van der Waals surface area contributed by atoms with Crippen molar-refractivity contribution >= 4 is 22.5 Å². The average Bonchev–Trinajstić information content (AvgIpc) is 2.82. The van der Waals surface area contributed by atoms with E-state index in [-0.39, 0.29) is 17.5 Å². The highest BCUT2D eigenvalue weighted by Crippen LogP contribution is 2.23.